The molecule has 3 saturated heterocycles. The summed E-state index contributed by atoms with van der Waals surface area (Å²) in [5.74, 6) is -3.09. The molecule has 118 valence electrons. The summed E-state index contributed by atoms with van der Waals surface area (Å²) < 4.78 is 10.4. The van der Waals surface area contributed by atoms with Crippen LogP contribution in [0.3, 0.4) is 0 Å². The first-order valence-electron chi connectivity index (χ1n) is 6.65. The van der Waals surface area contributed by atoms with E-state index in [2.05, 4.69) is 10.3 Å². The normalized spacial score (nSPS) is 61.2. The minimum atomic E-state index is -2.39. The monoisotopic (exact) mass is 303 g/mol. The highest BCUT2D eigenvalue weighted by Crippen LogP contribution is 2.57. The van der Waals surface area contributed by atoms with Gasteiger partial charge in [0.1, 0.15) is 29.5 Å². The minimum Gasteiger partial charge on any atom is -0.393 e. The molecule has 10 heteroatoms. The number of nitrogens with two attached hydrogens (primary N) is 1. The first kappa shape index (κ1) is 13.6. The van der Waals surface area contributed by atoms with Gasteiger partial charge in [0.05, 0.1) is 13.2 Å². The molecule has 5 aliphatic rings. The third kappa shape index (κ3) is 1.26. The van der Waals surface area contributed by atoms with Crippen molar-refractivity contribution in [2.45, 2.75) is 41.5 Å². The summed E-state index contributed by atoms with van der Waals surface area (Å²) in [7, 11) is 0. The van der Waals surface area contributed by atoms with Gasteiger partial charge in [-0.15, -0.1) is 0 Å². The Labute approximate surface area is 118 Å². The van der Waals surface area contributed by atoms with Crippen LogP contribution >= 0.6 is 0 Å². The van der Waals surface area contributed by atoms with Gasteiger partial charge in [-0.25, -0.2) is 0 Å². The van der Waals surface area contributed by atoms with E-state index in [9.17, 15) is 25.5 Å². The number of hydrogen-bond donors (Lipinski definition) is 7. The van der Waals surface area contributed by atoms with Crippen LogP contribution in [-0.2, 0) is 9.47 Å². The molecule has 0 aromatic carbocycles. The second-order valence-corrected chi connectivity index (χ2v) is 6.09. The average Bonchev–Trinajstić information content (AvgIpc) is 2.45. The predicted octanol–water partition coefficient (Wildman–Crippen LogP) is -4.84. The fourth-order valence-electron chi connectivity index (χ4n) is 4.16. The van der Waals surface area contributed by atoms with E-state index in [-0.39, 0.29) is 12.5 Å². The maximum atomic E-state index is 10.6. The van der Waals surface area contributed by atoms with Crippen molar-refractivity contribution < 1.29 is 35.0 Å². The molecule has 10 nitrogen and oxygen atoms in total. The van der Waals surface area contributed by atoms with Gasteiger partial charge in [-0.3, -0.25) is 4.99 Å². The van der Waals surface area contributed by atoms with Crippen molar-refractivity contribution >= 4 is 5.96 Å². The molecule has 4 bridgehead atoms. The number of aliphatic hydroxyl groups excluding tert-OH is 3. The van der Waals surface area contributed by atoms with Gasteiger partial charge in [0, 0.05) is 5.92 Å². The van der Waals surface area contributed by atoms with Crippen molar-refractivity contribution in [3.05, 3.63) is 0 Å². The second-order valence-electron chi connectivity index (χ2n) is 6.09. The molecule has 8 atom stereocenters. The Morgan fingerprint density at radius 2 is 1.95 bits per heavy atom. The summed E-state index contributed by atoms with van der Waals surface area (Å²) in [6.07, 6.45) is -5.49. The molecule has 0 radical (unpaired) electrons. The lowest BCUT2D eigenvalue weighted by atomic mass is 9.55. The topological polar surface area (TPSA) is 170 Å². The Hall–Kier alpha value is -1.01. The van der Waals surface area contributed by atoms with Crippen LogP contribution in [0.25, 0.3) is 0 Å². The number of nitrogens with one attached hydrogen (secondary N) is 1. The lowest BCUT2D eigenvalue weighted by Crippen LogP contribution is -2.94. The highest BCUT2D eigenvalue weighted by Gasteiger charge is 2.81. The second kappa shape index (κ2) is 3.66. The average molecular weight is 303 g/mol. The molecular weight excluding hydrogens is 286 g/mol. The molecule has 1 unspecified atom stereocenters. The fraction of sp³-hybridized carbons (Fsp3) is 0.909. The largest absolute Gasteiger partial charge is 0.393 e. The van der Waals surface area contributed by atoms with E-state index in [0.29, 0.717) is 0 Å². The lowest BCUT2D eigenvalue weighted by Gasteiger charge is -2.70. The molecule has 0 aromatic rings. The molecule has 4 fully saturated rings. The van der Waals surface area contributed by atoms with Crippen LogP contribution in [0.5, 0.6) is 0 Å². The van der Waals surface area contributed by atoms with E-state index in [1.54, 1.807) is 0 Å². The molecule has 8 N–H and O–H groups in total. The molecule has 0 aromatic heterocycles. The van der Waals surface area contributed by atoms with Crippen LogP contribution < -0.4 is 11.1 Å². The number of aliphatic imine (C=N–C) groups is 1. The molecular formula is C11H17N3O7. The third-order valence-corrected chi connectivity index (χ3v) is 5.19. The van der Waals surface area contributed by atoms with Gasteiger partial charge >= 0.3 is 5.97 Å². The fourth-order valence-corrected chi connectivity index (χ4v) is 4.16. The summed E-state index contributed by atoms with van der Waals surface area (Å²) in [6, 6.07) is 0. The van der Waals surface area contributed by atoms with Crippen molar-refractivity contribution in [3.8, 4) is 0 Å². The zero-order valence-electron chi connectivity index (χ0n) is 10.9. The first-order valence-corrected chi connectivity index (χ1v) is 6.65. The van der Waals surface area contributed by atoms with Crippen molar-refractivity contribution in [1.29, 1.82) is 0 Å². The van der Waals surface area contributed by atoms with Crippen molar-refractivity contribution in [1.82, 2.24) is 5.32 Å². The Kier molecular flexibility index (Phi) is 2.38. The van der Waals surface area contributed by atoms with Gasteiger partial charge in [0.25, 0.3) is 0 Å². The van der Waals surface area contributed by atoms with E-state index < -0.39 is 54.1 Å². The number of ether oxygens (including phenoxy) is 2. The van der Waals surface area contributed by atoms with Gasteiger partial charge in [-0.2, -0.15) is 0 Å². The summed E-state index contributed by atoms with van der Waals surface area (Å²) in [5.41, 5.74) is 2.26. The smallest absolute Gasteiger partial charge is 0.311 e. The molecule has 0 amide bonds. The highest BCUT2D eigenvalue weighted by atomic mass is 16.9. The zero-order valence-corrected chi connectivity index (χ0v) is 10.9. The van der Waals surface area contributed by atoms with Crippen LogP contribution in [0.15, 0.2) is 4.99 Å². The molecule has 1 saturated carbocycles. The number of hydrogen-bond acceptors (Lipinski definition) is 10. The van der Waals surface area contributed by atoms with E-state index >= 15 is 0 Å². The summed E-state index contributed by atoms with van der Waals surface area (Å²) >= 11 is 0. The first-order chi connectivity index (χ1) is 9.79. The highest BCUT2D eigenvalue weighted by molar-refractivity contribution is 5.80. The molecule has 4 aliphatic heterocycles. The number of nitrogens with zero attached hydrogens (tertiary/aromatic N) is 1. The standard InChI is InChI=1S/C11H17N3O7/c12-8-13-1-3-5-9(18,2-15)6-4(16)10(3,14-8)7(17)11(19,20-5)21-6/h3-7,15-19H,1-2H2,(H3,12,13,14)/t3-,4?,5+,6-,7-,9-,10+,11-/m0/s1. The van der Waals surface area contributed by atoms with Crippen LogP contribution in [-0.4, -0.2) is 86.2 Å². The SMILES string of the molecule is NC1=NC[C@H]2[C@H]3O[C@]4(O)O[C@@H](C(O)[C@@]2(N1)[C@@H]4O)[C@]3(O)CO. The molecule has 1 aliphatic carbocycles. The maximum Gasteiger partial charge on any atom is 0.311 e. The minimum absolute atomic E-state index is 0.00226. The van der Waals surface area contributed by atoms with Crippen LogP contribution in [0, 0.1) is 5.92 Å². The van der Waals surface area contributed by atoms with Gasteiger partial charge in [-0.05, 0) is 0 Å². The van der Waals surface area contributed by atoms with Crippen molar-refractivity contribution in [2.75, 3.05) is 13.2 Å². The molecule has 21 heavy (non-hydrogen) atoms. The molecule has 1 spiro atoms. The number of aliphatic hydroxyl groups is 5. The number of guanidine groups is 1. The van der Waals surface area contributed by atoms with E-state index in [0.717, 1.165) is 0 Å². The quantitative estimate of drug-likeness (QED) is 0.251. The van der Waals surface area contributed by atoms with Crippen LogP contribution in [0.1, 0.15) is 0 Å². The van der Waals surface area contributed by atoms with Gasteiger partial charge in [0.15, 0.2) is 12.1 Å². The third-order valence-electron chi connectivity index (χ3n) is 5.19. The Bertz CT molecular complexity index is 532. The van der Waals surface area contributed by atoms with Crippen molar-refractivity contribution in [3.63, 3.8) is 0 Å². The summed E-state index contributed by atoms with van der Waals surface area (Å²) in [5, 5.41) is 54.2. The Balaban J connectivity index is 1.92. The van der Waals surface area contributed by atoms with Crippen LogP contribution in [0.4, 0.5) is 0 Å². The number of rotatable bonds is 1. The van der Waals surface area contributed by atoms with E-state index in [1.165, 1.54) is 0 Å². The molecule has 4 heterocycles. The van der Waals surface area contributed by atoms with Crippen LogP contribution in [0.2, 0.25) is 0 Å². The van der Waals surface area contributed by atoms with Gasteiger partial charge < -0.3 is 46.1 Å². The zero-order chi connectivity index (χ0) is 15.2. The Morgan fingerprint density at radius 3 is 2.62 bits per heavy atom. The predicted molar refractivity (Wildman–Crippen MR) is 64.6 cm³/mol. The summed E-state index contributed by atoms with van der Waals surface area (Å²) in [4.78, 5) is 3.99. The van der Waals surface area contributed by atoms with Crippen molar-refractivity contribution in [2.24, 2.45) is 16.6 Å². The summed E-state index contributed by atoms with van der Waals surface area (Å²) in [6.45, 7) is -0.680. The van der Waals surface area contributed by atoms with E-state index in [1.807, 2.05) is 0 Å². The maximum absolute atomic E-state index is 10.6. The van der Waals surface area contributed by atoms with E-state index in [4.69, 9.17) is 15.2 Å². The van der Waals surface area contributed by atoms with Gasteiger partial charge in [0.2, 0.25) is 0 Å². The van der Waals surface area contributed by atoms with Gasteiger partial charge in [-0.1, -0.05) is 0 Å². The Morgan fingerprint density at radius 1 is 1.29 bits per heavy atom. The lowest BCUT2D eigenvalue weighted by molar-refractivity contribution is -0.544. The molecule has 5 rings (SSSR count).